The fourth-order valence-corrected chi connectivity index (χ4v) is 1.16. The molecule has 0 fully saturated rings. The van der Waals surface area contributed by atoms with E-state index in [-0.39, 0.29) is 5.82 Å². The molecule has 0 aliphatic heterocycles. The molecule has 2 nitrogen and oxygen atoms in total. The van der Waals surface area contributed by atoms with E-state index in [1.807, 2.05) is 0 Å². The van der Waals surface area contributed by atoms with E-state index < -0.39 is 0 Å². The van der Waals surface area contributed by atoms with E-state index in [0.717, 1.165) is 17.5 Å². The highest BCUT2D eigenvalue weighted by Crippen LogP contribution is 2.07. The number of aromatic amines is 1. The van der Waals surface area contributed by atoms with E-state index >= 15 is 0 Å². The van der Waals surface area contributed by atoms with Crippen molar-refractivity contribution in [2.75, 3.05) is 0 Å². The summed E-state index contributed by atoms with van der Waals surface area (Å²) in [5.41, 5.74) is 2.03. The number of rotatable bonds is 2. The topological polar surface area (TPSA) is 28.7 Å². The summed E-state index contributed by atoms with van der Waals surface area (Å²) in [6.07, 6.45) is 5.31. The van der Waals surface area contributed by atoms with Crippen LogP contribution in [0.5, 0.6) is 0 Å². The summed E-state index contributed by atoms with van der Waals surface area (Å²) in [4.78, 5) is 0. The average molecular weight is 175 g/mol. The zero-order valence-corrected chi connectivity index (χ0v) is 6.92. The summed E-state index contributed by atoms with van der Waals surface area (Å²) in [6, 6.07) is 6.43. The minimum absolute atomic E-state index is 0.208. The summed E-state index contributed by atoms with van der Waals surface area (Å²) in [7, 11) is 0. The van der Waals surface area contributed by atoms with Crippen LogP contribution in [0.25, 0.3) is 0 Å². The van der Waals surface area contributed by atoms with Crippen LogP contribution in [0.4, 0.5) is 4.39 Å². The number of benzene rings is 1. The third kappa shape index (κ3) is 1.93. The van der Waals surface area contributed by atoms with Crippen molar-refractivity contribution in [3.8, 4) is 0 Å². The molecule has 2 aromatic rings. The maximum Gasteiger partial charge on any atom is 0.123 e. The molecule has 1 radical (unpaired) electrons. The van der Waals surface area contributed by atoms with Gasteiger partial charge in [0.05, 0.1) is 12.4 Å². The Morgan fingerprint density at radius 2 is 2.08 bits per heavy atom. The van der Waals surface area contributed by atoms with Crippen LogP contribution < -0.4 is 0 Å². The number of nitrogens with zero attached hydrogens (tertiary/aromatic N) is 1. The number of hydrogen-bond acceptors (Lipinski definition) is 1. The molecule has 65 valence electrons. The molecule has 0 unspecified atom stereocenters. The number of hydrogen-bond donors (Lipinski definition) is 1. The van der Waals surface area contributed by atoms with Crippen LogP contribution in [0.3, 0.4) is 0 Å². The first kappa shape index (κ1) is 7.98. The highest BCUT2D eigenvalue weighted by molar-refractivity contribution is 5.22. The van der Waals surface area contributed by atoms with Gasteiger partial charge in [-0.15, -0.1) is 0 Å². The molecule has 0 spiro atoms. The van der Waals surface area contributed by atoms with Crippen LogP contribution >= 0.6 is 0 Å². The highest BCUT2D eigenvalue weighted by atomic mass is 19.1. The van der Waals surface area contributed by atoms with E-state index in [9.17, 15) is 4.39 Å². The molecular formula is C10H8FN2. The lowest BCUT2D eigenvalue weighted by molar-refractivity contribution is 0.627. The summed E-state index contributed by atoms with van der Waals surface area (Å²) < 4.78 is 12.5. The van der Waals surface area contributed by atoms with Crippen molar-refractivity contribution in [1.29, 1.82) is 0 Å². The molecule has 1 aromatic carbocycles. The lowest BCUT2D eigenvalue weighted by atomic mass is 10.1. The molecule has 3 heteroatoms. The summed E-state index contributed by atoms with van der Waals surface area (Å²) in [5.74, 6) is -0.208. The van der Waals surface area contributed by atoms with Crippen LogP contribution in [-0.2, 0) is 6.42 Å². The van der Waals surface area contributed by atoms with Gasteiger partial charge in [0.1, 0.15) is 5.82 Å². The monoisotopic (exact) mass is 175 g/mol. The van der Waals surface area contributed by atoms with Gasteiger partial charge in [0.2, 0.25) is 0 Å². The van der Waals surface area contributed by atoms with E-state index in [0.29, 0.717) is 0 Å². The smallest absolute Gasteiger partial charge is 0.123 e. The maximum atomic E-state index is 12.5. The fraction of sp³-hybridized carbons (Fsp3) is 0.100. The molecule has 0 saturated carbocycles. The normalized spacial score (nSPS) is 10.2. The van der Waals surface area contributed by atoms with Gasteiger partial charge >= 0.3 is 0 Å². The van der Waals surface area contributed by atoms with E-state index in [1.165, 1.54) is 12.1 Å². The zero-order chi connectivity index (χ0) is 9.10. The van der Waals surface area contributed by atoms with Gasteiger partial charge in [0, 0.05) is 12.0 Å². The highest BCUT2D eigenvalue weighted by Gasteiger charge is 1.97. The minimum atomic E-state index is -0.208. The molecule has 0 saturated heterocycles. The molecule has 0 aliphatic carbocycles. The van der Waals surface area contributed by atoms with Gasteiger partial charge in [-0.2, -0.15) is 5.10 Å². The Morgan fingerprint density at radius 3 is 2.69 bits per heavy atom. The van der Waals surface area contributed by atoms with E-state index in [2.05, 4.69) is 16.4 Å². The van der Waals surface area contributed by atoms with Crippen LogP contribution in [-0.4, -0.2) is 10.2 Å². The van der Waals surface area contributed by atoms with Gasteiger partial charge in [-0.05, 0) is 17.7 Å². The molecular weight excluding hydrogens is 167 g/mol. The van der Waals surface area contributed by atoms with Gasteiger partial charge in [-0.25, -0.2) is 4.39 Å². The fourth-order valence-electron chi connectivity index (χ4n) is 1.16. The van der Waals surface area contributed by atoms with E-state index in [1.54, 1.807) is 18.3 Å². The number of H-pyrrole nitrogens is 1. The Balaban J connectivity index is 2.15. The third-order valence-corrected chi connectivity index (χ3v) is 1.81. The predicted molar refractivity (Wildman–Crippen MR) is 46.6 cm³/mol. The quantitative estimate of drug-likeness (QED) is 0.742. The van der Waals surface area contributed by atoms with Crippen LogP contribution in [0, 0.1) is 12.0 Å². The van der Waals surface area contributed by atoms with Crippen molar-refractivity contribution in [3.05, 3.63) is 53.6 Å². The van der Waals surface area contributed by atoms with Gasteiger partial charge in [-0.3, -0.25) is 5.10 Å². The second-order valence-electron chi connectivity index (χ2n) is 2.82. The van der Waals surface area contributed by atoms with Crippen LogP contribution in [0.2, 0.25) is 0 Å². The molecule has 1 heterocycles. The Bertz CT molecular complexity index is 364. The SMILES string of the molecule is Fc1ccc(Cc2[c][nH]nc2)cc1. The minimum Gasteiger partial charge on any atom is -0.276 e. The van der Waals surface area contributed by atoms with Gasteiger partial charge in [-0.1, -0.05) is 12.1 Å². The third-order valence-electron chi connectivity index (χ3n) is 1.81. The van der Waals surface area contributed by atoms with Crippen molar-refractivity contribution < 1.29 is 4.39 Å². The molecule has 0 bridgehead atoms. The van der Waals surface area contributed by atoms with Crippen molar-refractivity contribution in [2.24, 2.45) is 0 Å². The molecule has 1 aromatic heterocycles. The number of aromatic nitrogens is 2. The standard InChI is InChI=1S/C10H8FN2/c11-10-3-1-8(2-4-10)5-9-6-12-13-7-9/h1-4,6H,5H2,(H,12,13). The Labute approximate surface area is 75.4 Å². The van der Waals surface area contributed by atoms with Crippen molar-refractivity contribution in [1.82, 2.24) is 10.2 Å². The summed E-state index contributed by atoms with van der Waals surface area (Å²) in [5, 5.41) is 6.39. The molecule has 2 rings (SSSR count). The molecule has 0 atom stereocenters. The first-order valence-electron chi connectivity index (χ1n) is 3.99. The molecule has 0 amide bonds. The van der Waals surface area contributed by atoms with Gasteiger partial charge in [0.25, 0.3) is 0 Å². The lowest BCUT2D eigenvalue weighted by Crippen LogP contribution is -1.85. The van der Waals surface area contributed by atoms with Crippen molar-refractivity contribution in [2.45, 2.75) is 6.42 Å². The van der Waals surface area contributed by atoms with Crippen LogP contribution in [0.15, 0.2) is 30.5 Å². The first-order chi connectivity index (χ1) is 6.34. The van der Waals surface area contributed by atoms with Crippen molar-refractivity contribution in [3.63, 3.8) is 0 Å². The summed E-state index contributed by atoms with van der Waals surface area (Å²) in [6.45, 7) is 0. The second kappa shape index (κ2) is 3.39. The lowest BCUT2D eigenvalue weighted by Gasteiger charge is -1.96. The number of nitrogens with one attached hydrogen (secondary N) is 1. The van der Waals surface area contributed by atoms with Crippen LogP contribution in [0.1, 0.15) is 11.1 Å². The summed E-state index contributed by atoms with van der Waals surface area (Å²) >= 11 is 0. The molecule has 13 heavy (non-hydrogen) atoms. The Hall–Kier alpha value is -1.64. The Morgan fingerprint density at radius 1 is 1.31 bits per heavy atom. The van der Waals surface area contributed by atoms with Gasteiger partial charge in [0.15, 0.2) is 0 Å². The maximum absolute atomic E-state index is 12.5. The van der Waals surface area contributed by atoms with Crippen molar-refractivity contribution >= 4 is 0 Å². The average Bonchev–Trinajstić information content (AvgIpc) is 2.62. The van der Waals surface area contributed by atoms with E-state index in [4.69, 9.17) is 0 Å². The predicted octanol–water partition coefficient (Wildman–Crippen LogP) is 1.94. The Kier molecular flexibility index (Phi) is 2.08. The molecule has 0 aliphatic rings. The zero-order valence-electron chi connectivity index (χ0n) is 6.92. The van der Waals surface area contributed by atoms with Gasteiger partial charge < -0.3 is 0 Å². The largest absolute Gasteiger partial charge is 0.276 e. The molecule has 1 N–H and O–H groups in total. The second-order valence-corrected chi connectivity index (χ2v) is 2.82. The first-order valence-corrected chi connectivity index (χ1v) is 3.99. The number of halogens is 1.